The number of carbonyl (C=O) groups excluding carboxylic acids is 1. The second-order valence-electron chi connectivity index (χ2n) is 2.01. The van der Waals surface area contributed by atoms with Gasteiger partial charge in [-0.25, -0.2) is 0 Å². The lowest BCUT2D eigenvalue weighted by molar-refractivity contribution is -0.128. The highest BCUT2D eigenvalue weighted by Gasteiger charge is 1.93. The van der Waals surface area contributed by atoms with Crippen LogP contribution in [0.25, 0.3) is 0 Å². The Labute approximate surface area is 75.5 Å². The summed E-state index contributed by atoms with van der Waals surface area (Å²) in [7, 11) is 0. The molecule has 0 spiro atoms. The van der Waals surface area contributed by atoms with Crippen molar-refractivity contribution in [3.8, 4) is 0 Å². The van der Waals surface area contributed by atoms with E-state index in [0.717, 1.165) is 0 Å². The number of carbonyl (C=O) groups is 1. The molecular weight excluding hydrogens is 154 g/mol. The Balaban J connectivity index is 0. The number of hydrogen-bond donors (Lipinski definition) is 1. The van der Waals surface area contributed by atoms with E-state index in [1.165, 1.54) is 25.9 Å². The first-order chi connectivity index (χ1) is 5.91. The maximum Gasteiger partial charge on any atom is 0.293 e. The first kappa shape index (κ1) is 14.0. The molecule has 0 bridgehead atoms. The van der Waals surface area contributed by atoms with Crippen molar-refractivity contribution in [2.24, 2.45) is 0 Å². The third kappa shape index (κ3) is 16.2. The number of ether oxygens (including phenoxy) is 1. The molecular formula is C9H21NO2. The molecule has 1 saturated heterocycles. The van der Waals surface area contributed by atoms with Gasteiger partial charge < -0.3 is 10.1 Å². The van der Waals surface area contributed by atoms with E-state index in [0.29, 0.717) is 13.1 Å². The molecule has 0 atom stereocenters. The SMILES string of the molecule is C1CCNC1.CC.CCOC=O. The van der Waals surface area contributed by atoms with Gasteiger partial charge in [-0.2, -0.15) is 0 Å². The minimum Gasteiger partial charge on any atom is -0.468 e. The van der Waals surface area contributed by atoms with Crippen LogP contribution in [0.5, 0.6) is 0 Å². The first-order valence-corrected chi connectivity index (χ1v) is 4.67. The van der Waals surface area contributed by atoms with Crippen LogP contribution in [0.15, 0.2) is 0 Å². The zero-order valence-electron chi connectivity index (χ0n) is 8.43. The molecule has 0 aromatic rings. The zero-order valence-corrected chi connectivity index (χ0v) is 8.43. The molecule has 3 nitrogen and oxygen atoms in total. The van der Waals surface area contributed by atoms with Gasteiger partial charge in [0.1, 0.15) is 0 Å². The third-order valence-electron chi connectivity index (χ3n) is 1.19. The Morgan fingerprint density at radius 1 is 1.33 bits per heavy atom. The normalized spacial score (nSPS) is 13.2. The van der Waals surface area contributed by atoms with E-state index in [2.05, 4.69) is 10.1 Å². The molecule has 1 aliphatic rings. The van der Waals surface area contributed by atoms with E-state index in [9.17, 15) is 4.79 Å². The molecule has 0 saturated carbocycles. The maximum atomic E-state index is 9.18. The van der Waals surface area contributed by atoms with Crippen LogP contribution in [0, 0.1) is 0 Å². The molecule has 0 unspecified atom stereocenters. The molecule has 0 aromatic carbocycles. The summed E-state index contributed by atoms with van der Waals surface area (Å²) in [6, 6.07) is 0. The monoisotopic (exact) mass is 175 g/mol. The summed E-state index contributed by atoms with van der Waals surface area (Å²) in [6.45, 7) is 9.16. The van der Waals surface area contributed by atoms with Crippen molar-refractivity contribution in [2.75, 3.05) is 19.7 Å². The van der Waals surface area contributed by atoms with Crippen LogP contribution < -0.4 is 5.32 Å². The Kier molecular flexibility index (Phi) is 19.6. The van der Waals surface area contributed by atoms with Crippen molar-refractivity contribution >= 4 is 6.47 Å². The van der Waals surface area contributed by atoms with E-state index in [1.54, 1.807) is 6.92 Å². The summed E-state index contributed by atoms with van der Waals surface area (Å²) in [5.74, 6) is 0. The summed E-state index contributed by atoms with van der Waals surface area (Å²) in [5, 5.41) is 3.22. The molecule has 0 aliphatic carbocycles. The molecule has 0 amide bonds. The highest BCUT2D eigenvalue weighted by molar-refractivity contribution is 5.36. The molecule has 1 N–H and O–H groups in total. The van der Waals surface area contributed by atoms with E-state index in [4.69, 9.17) is 0 Å². The Bertz CT molecular complexity index is 65.3. The zero-order chi connectivity index (χ0) is 9.66. The minimum atomic E-state index is 0.431. The van der Waals surface area contributed by atoms with Crippen LogP contribution in [-0.4, -0.2) is 26.2 Å². The van der Waals surface area contributed by atoms with E-state index >= 15 is 0 Å². The molecule has 74 valence electrons. The van der Waals surface area contributed by atoms with Gasteiger partial charge in [-0.3, -0.25) is 4.79 Å². The molecule has 12 heavy (non-hydrogen) atoms. The van der Waals surface area contributed by atoms with Crippen molar-refractivity contribution in [3.63, 3.8) is 0 Å². The molecule has 0 aromatic heterocycles. The van der Waals surface area contributed by atoms with E-state index in [1.807, 2.05) is 13.8 Å². The standard InChI is InChI=1S/C4H9N.C3H6O2.C2H6/c1-2-4-5-3-1;1-2-5-3-4;1-2/h5H,1-4H2;3H,2H2,1H3;1-2H3. The van der Waals surface area contributed by atoms with Crippen LogP contribution in [-0.2, 0) is 9.53 Å². The van der Waals surface area contributed by atoms with Gasteiger partial charge in [0.15, 0.2) is 0 Å². The van der Waals surface area contributed by atoms with Gasteiger partial charge in [-0.1, -0.05) is 13.8 Å². The van der Waals surface area contributed by atoms with Crippen molar-refractivity contribution in [1.29, 1.82) is 0 Å². The average molecular weight is 175 g/mol. The molecule has 1 fully saturated rings. The lowest BCUT2D eigenvalue weighted by Gasteiger charge is -1.79. The van der Waals surface area contributed by atoms with Crippen LogP contribution in [0.2, 0.25) is 0 Å². The summed E-state index contributed by atoms with van der Waals surface area (Å²) >= 11 is 0. The van der Waals surface area contributed by atoms with Crippen LogP contribution in [0.1, 0.15) is 33.6 Å². The van der Waals surface area contributed by atoms with Gasteiger partial charge in [-0.15, -0.1) is 0 Å². The summed E-state index contributed by atoms with van der Waals surface area (Å²) in [6.07, 6.45) is 2.78. The highest BCUT2D eigenvalue weighted by Crippen LogP contribution is 1.90. The largest absolute Gasteiger partial charge is 0.468 e. The number of rotatable bonds is 2. The summed E-state index contributed by atoms with van der Waals surface area (Å²) in [4.78, 5) is 9.18. The number of nitrogens with one attached hydrogen (secondary N) is 1. The van der Waals surface area contributed by atoms with Gasteiger partial charge >= 0.3 is 0 Å². The fourth-order valence-electron chi connectivity index (χ4n) is 0.693. The highest BCUT2D eigenvalue weighted by atomic mass is 16.5. The Hall–Kier alpha value is -0.570. The topological polar surface area (TPSA) is 38.3 Å². The Morgan fingerprint density at radius 3 is 1.92 bits per heavy atom. The van der Waals surface area contributed by atoms with Crippen molar-refractivity contribution in [1.82, 2.24) is 5.32 Å². The van der Waals surface area contributed by atoms with Gasteiger partial charge in [0.2, 0.25) is 0 Å². The van der Waals surface area contributed by atoms with E-state index in [-0.39, 0.29) is 0 Å². The predicted octanol–water partition coefficient (Wildman–Crippen LogP) is 1.58. The summed E-state index contributed by atoms with van der Waals surface area (Å²) < 4.78 is 4.15. The third-order valence-corrected chi connectivity index (χ3v) is 1.19. The molecule has 3 heteroatoms. The maximum absolute atomic E-state index is 9.18. The molecule has 0 radical (unpaired) electrons. The molecule has 1 aliphatic heterocycles. The molecule has 1 heterocycles. The van der Waals surface area contributed by atoms with E-state index < -0.39 is 0 Å². The minimum absolute atomic E-state index is 0.431. The second kappa shape index (κ2) is 16.8. The molecule has 1 rings (SSSR count). The fourth-order valence-corrected chi connectivity index (χ4v) is 0.693. The predicted molar refractivity (Wildman–Crippen MR) is 51.1 cm³/mol. The Morgan fingerprint density at radius 2 is 1.83 bits per heavy atom. The van der Waals surface area contributed by atoms with Crippen molar-refractivity contribution in [3.05, 3.63) is 0 Å². The van der Waals surface area contributed by atoms with Crippen molar-refractivity contribution < 1.29 is 9.53 Å². The first-order valence-electron chi connectivity index (χ1n) is 4.67. The van der Waals surface area contributed by atoms with Gasteiger partial charge in [0.05, 0.1) is 6.61 Å². The smallest absolute Gasteiger partial charge is 0.293 e. The average Bonchev–Trinajstić information content (AvgIpc) is 2.67. The van der Waals surface area contributed by atoms with Crippen LogP contribution in [0.3, 0.4) is 0 Å². The van der Waals surface area contributed by atoms with Gasteiger partial charge in [0, 0.05) is 0 Å². The van der Waals surface area contributed by atoms with Crippen molar-refractivity contribution in [2.45, 2.75) is 33.6 Å². The quantitative estimate of drug-likeness (QED) is 0.647. The lowest BCUT2D eigenvalue weighted by atomic mass is 10.4. The number of hydrogen-bond acceptors (Lipinski definition) is 3. The fraction of sp³-hybridized carbons (Fsp3) is 0.889. The van der Waals surface area contributed by atoms with Gasteiger partial charge in [-0.05, 0) is 32.9 Å². The lowest BCUT2D eigenvalue weighted by Crippen LogP contribution is -2.03. The second-order valence-corrected chi connectivity index (χ2v) is 2.01. The summed E-state index contributed by atoms with van der Waals surface area (Å²) in [5.41, 5.74) is 0. The van der Waals surface area contributed by atoms with Crippen LogP contribution >= 0.6 is 0 Å². The van der Waals surface area contributed by atoms with Gasteiger partial charge in [0.25, 0.3) is 6.47 Å². The van der Waals surface area contributed by atoms with Crippen LogP contribution in [0.4, 0.5) is 0 Å².